The molecule has 1 aromatic carbocycles. The van der Waals surface area contributed by atoms with Gasteiger partial charge in [-0.25, -0.2) is 0 Å². The highest BCUT2D eigenvalue weighted by molar-refractivity contribution is 5.92. The molecule has 2 saturated heterocycles. The quantitative estimate of drug-likeness (QED) is 0.858. The number of amides is 1. The van der Waals surface area contributed by atoms with E-state index in [1.165, 1.54) is 0 Å². The third-order valence-electron chi connectivity index (χ3n) is 5.65. The standard InChI is InChI=1S/C21H25N5O2/c1-28-17-10-18-19(23-12-17)5-2-6-20(18)24-15-7-9-25(13-15)14-21(27)26-8-3-4-16(26)11-22/h2,5-6,10,12,15-16,24H,3-4,7-9,13-14H2,1H3/t15-,16-/m0/s1. The van der Waals surface area contributed by atoms with Gasteiger partial charge in [-0.05, 0) is 37.5 Å². The molecule has 1 amide bonds. The number of rotatable bonds is 5. The smallest absolute Gasteiger partial charge is 0.237 e. The molecule has 1 aromatic heterocycles. The summed E-state index contributed by atoms with van der Waals surface area (Å²) < 4.78 is 5.31. The number of pyridine rings is 1. The zero-order chi connectivity index (χ0) is 19.5. The van der Waals surface area contributed by atoms with Crippen molar-refractivity contribution in [2.24, 2.45) is 0 Å². The van der Waals surface area contributed by atoms with Gasteiger partial charge >= 0.3 is 0 Å². The number of nitrogens with one attached hydrogen (secondary N) is 1. The van der Waals surface area contributed by atoms with Crippen molar-refractivity contribution in [1.82, 2.24) is 14.8 Å². The van der Waals surface area contributed by atoms with Crippen molar-refractivity contribution in [3.8, 4) is 11.8 Å². The van der Waals surface area contributed by atoms with Crippen molar-refractivity contribution < 1.29 is 9.53 Å². The molecule has 0 saturated carbocycles. The molecule has 2 fully saturated rings. The summed E-state index contributed by atoms with van der Waals surface area (Å²) in [4.78, 5) is 20.9. The van der Waals surface area contributed by atoms with E-state index in [0.717, 1.165) is 54.7 Å². The fourth-order valence-electron chi connectivity index (χ4n) is 4.16. The van der Waals surface area contributed by atoms with Gasteiger partial charge in [0.1, 0.15) is 11.8 Å². The van der Waals surface area contributed by atoms with Crippen LogP contribution < -0.4 is 10.1 Å². The van der Waals surface area contributed by atoms with Crippen LogP contribution in [0, 0.1) is 11.3 Å². The third kappa shape index (κ3) is 3.73. The van der Waals surface area contributed by atoms with E-state index < -0.39 is 0 Å². The summed E-state index contributed by atoms with van der Waals surface area (Å²) in [5.74, 6) is 0.807. The van der Waals surface area contributed by atoms with Crippen LogP contribution >= 0.6 is 0 Å². The van der Waals surface area contributed by atoms with Gasteiger partial charge in [0.25, 0.3) is 0 Å². The van der Waals surface area contributed by atoms with Gasteiger partial charge in [0.15, 0.2) is 0 Å². The minimum Gasteiger partial charge on any atom is -0.495 e. The maximum absolute atomic E-state index is 12.6. The number of hydrogen-bond acceptors (Lipinski definition) is 6. The Labute approximate surface area is 164 Å². The molecule has 7 heteroatoms. The first-order valence-corrected chi connectivity index (χ1v) is 9.78. The van der Waals surface area contributed by atoms with E-state index in [1.54, 1.807) is 18.2 Å². The number of ether oxygens (including phenoxy) is 1. The lowest BCUT2D eigenvalue weighted by Crippen LogP contribution is -2.42. The summed E-state index contributed by atoms with van der Waals surface area (Å²) in [6.45, 7) is 2.78. The Morgan fingerprint density at radius 3 is 3.11 bits per heavy atom. The van der Waals surface area contributed by atoms with E-state index in [4.69, 9.17) is 4.74 Å². The molecule has 2 aliphatic heterocycles. The SMILES string of the molecule is COc1cnc2cccc(N[C@H]3CCN(CC(=O)N4CCC[C@H]4C#N)C3)c2c1. The number of aromatic nitrogens is 1. The predicted octanol–water partition coefficient (Wildman–Crippen LogP) is 2.24. The highest BCUT2D eigenvalue weighted by Gasteiger charge is 2.31. The number of nitrogens with zero attached hydrogens (tertiary/aromatic N) is 4. The largest absolute Gasteiger partial charge is 0.495 e. The molecular formula is C21H25N5O2. The Morgan fingerprint density at radius 1 is 1.39 bits per heavy atom. The van der Waals surface area contributed by atoms with E-state index in [2.05, 4.69) is 27.3 Å². The highest BCUT2D eigenvalue weighted by Crippen LogP contribution is 2.27. The lowest BCUT2D eigenvalue weighted by atomic mass is 10.1. The molecule has 28 heavy (non-hydrogen) atoms. The second kappa shape index (κ2) is 8.03. The summed E-state index contributed by atoms with van der Waals surface area (Å²) >= 11 is 0. The van der Waals surface area contributed by atoms with Crippen molar-refractivity contribution in [3.63, 3.8) is 0 Å². The van der Waals surface area contributed by atoms with Crippen molar-refractivity contribution in [2.45, 2.75) is 31.3 Å². The van der Waals surface area contributed by atoms with Crippen LogP contribution in [0.1, 0.15) is 19.3 Å². The number of carbonyl (C=O) groups is 1. The number of benzene rings is 1. The van der Waals surface area contributed by atoms with Crippen LogP contribution in [0.5, 0.6) is 5.75 Å². The first-order chi connectivity index (χ1) is 13.7. The molecule has 0 spiro atoms. The van der Waals surface area contributed by atoms with Crippen molar-refractivity contribution in [3.05, 3.63) is 30.5 Å². The molecule has 4 rings (SSSR count). The Kier molecular flexibility index (Phi) is 5.31. The van der Waals surface area contributed by atoms with Gasteiger partial charge < -0.3 is 15.0 Å². The lowest BCUT2D eigenvalue weighted by Gasteiger charge is -2.23. The molecule has 7 nitrogen and oxygen atoms in total. The van der Waals surface area contributed by atoms with Crippen LogP contribution in [-0.2, 0) is 4.79 Å². The Morgan fingerprint density at radius 2 is 2.29 bits per heavy atom. The monoisotopic (exact) mass is 379 g/mol. The molecule has 1 N–H and O–H groups in total. The van der Waals surface area contributed by atoms with Crippen LogP contribution in [0.4, 0.5) is 5.69 Å². The zero-order valence-electron chi connectivity index (χ0n) is 16.1. The first kappa shape index (κ1) is 18.5. The summed E-state index contributed by atoms with van der Waals surface area (Å²) in [6.07, 6.45) is 4.42. The summed E-state index contributed by atoms with van der Waals surface area (Å²) in [5.41, 5.74) is 1.96. The average Bonchev–Trinajstić information content (AvgIpc) is 3.37. The topological polar surface area (TPSA) is 81.5 Å². The number of hydrogen-bond donors (Lipinski definition) is 1. The molecule has 0 aliphatic carbocycles. The average molecular weight is 379 g/mol. The van der Waals surface area contributed by atoms with Gasteiger partial charge in [-0.2, -0.15) is 5.26 Å². The fraction of sp³-hybridized carbons (Fsp3) is 0.476. The lowest BCUT2D eigenvalue weighted by molar-refractivity contribution is -0.132. The Balaban J connectivity index is 1.39. The van der Waals surface area contributed by atoms with Crippen LogP contribution in [-0.4, -0.2) is 66.1 Å². The number of carbonyl (C=O) groups excluding carboxylic acids is 1. The van der Waals surface area contributed by atoms with E-state index in [-0.39, 0.29) is 18.0 Å². The maximum Gasteiger partial charge on any atom is 0.237 e. The summed E-state index contributed by atoms with van der Waals surface area (Å²) in [6, 6.07) is 10.3. The zero-order valence-corrected chi connectivity index (χ0v) is 16.1. The van der Waals surface area contributed by atoms with Crippen LogP contribution in [0.15, 0.2) is 30.5 Å². The normalized spacial score (nSPS) is 22.4. The third-order valence-corrected chi connectivity index (χ3v) is 5.65. The second-order valence-corrected chi connectivity index (χ2v) is 7.49. The highest BCUT2D eigenvalue weighted by atomic mass is 16.5. The summed E-state index contributed by atoms with van der Waals surface area (Å²) in [5, 5.41) is 13.8. The molecule has 0 radical (unpaired) electrons. The van der Waals surface area contributed by atoms with Crippen molar-refractivity contribution >= 4 is 22.5 Å². The minimum atomic E-state index is -0.248. The van der Waals surface area contributed by atoms with Gasteiger partial charge in [0, 0.05) is 36.7 Å². The number of nitriles is 1. The van der Waals surface area contributed by atoms with Crippen LogP contribution in [0.2, 0.25) is 0 Å². The maximum atomic E-state index is 12.6. The van der Waals surface area contributed by atoms with Gasteiger partial charge in [-0.1, -0.05) is 6.07 Å². The molecule has 146 valence electrons. The van der Waals surface area contributed by atoms with Gasteiger partial charge in [-0.15, -0.1) is 0 Å². The van der Waals surface area contributed by atoms with E-state index in [9.17, 15) is 10.1 Å². The molecule has 2 aliphatic rings. The van der Waals surface area contributed by atoms with Gasteiger partial charge in [0.2, 0.25) is 5.91 Å². The van der Waals surface area contributed by atoms with Crippen LogP contribution in [0.25, 0.3) is 10.9 Å². The number of anilines is 1. The van der Waals surface area contributed by atoms with E-state index in [0.29, 0.717) is 13.1 Å². The van der Waals surface area contributed by atoms with E-state index >= 15 is 0 Å². The molecule has 0 unspecified atom stereocenters. The van der Waals surface area contributed by atoms with Gasteiger partial charge in [-0.3, -0.25) is 14.7 Å². The van der Waals surface area contributed by atoms with Crippen molar-refractivity contribution in [2.75, 3.05) is 38.6 Å². The van der Waals surface area contributed by atoms with Crippen LogP contribution in [0.3, 0.4) is 0 Å². The molecule has 2 aromatic rings. The Hall–Kier alpha value is -2.85. The fourth-order valence-corrected chi connectivity index (χ4v) is 4.16. The number of likely N-dealkylation sites (tertiary alicyclic amines) is 2. The first-order valence-electron chi connectivity index (χ1n) is 9.78. The number of methoxy groups -OCH3 is 1. The van der Waals surface area contributed by atoms with Gasteiger partial charge in [0.05, 0.1) is 31.4 Å². The molecule has 3 heterocycles. The predicted molar refractivity (Wildman–Crippen MR) is 107 cm³/mol. The molecular weight excluding hydrogens is 354 g/mol. The van der Waals surface area contributed by atoms with E-state index in [1.807, 2.05) is 18.2 Å². The number of fused-ring (bicyclic) bond motifs is 1. The minimum absolute atomic E-state index is 0.0730. The van der Waals surface area contributed by atoms with Crippen molar-refractivity contribution in [1.29, 1.82) is 5.26 Å². The second-order valence-electron chi connectivity index (χ2n) is 7.49. The Bertz CT molecular complexity index is 909. The summed E-state index contributed by atoms with van der Waals surface area (Å²) in [7, 11) is 1.64. The molecule has 2 atom stereocenters. The molecule has 0 bridgehead atoms.